The minimum atomic E-state index is -0.315. The Morgan fingerprint density at radius 1 is 0.903 bits per heavy atom. The molecule has 2 N–H and O–H groups in total. The largest absolute Gasteiger partial charge is 0.439 e. The number of carbonyl (C=O) groups excluding carboxylic acids is 1. The number of anilines is 2. The van der Waals surface area contributed by atoms with E-state index in [1.807, 2.05) is 55.8 Å². The minimum Gasteiger partial charge on any atom is -0.439 e. The van der Waals surface area contributed by atoms with Crippen molar-refractivity contribution in [3.63, 3.8) is 0 Å². The zero-order valence-corrected chi connectivity index (χ0v) is 17.5. The van der Waals surface area contributed by atoms with Gasteiger partial charge in [0, 0.05) is 29.8 Å². The molecule has 31 heavy (non-hydrogen) atoms. The molecule has 0 aliphatic carbocycles. The molecular formula is C23H22N6O2. The Hall–Kier alpha value is -4.20. The fourth-order valence-corrected chi connectivity index (χ4v) is 2.98. The Kier molecular flexibility index (Phi) is 5.61. The van der Waals surface area contributed by atoms with E-state index in [4.69, 9.17) is 4.74 Å². The second kappa shape index (κ2) is 8.66. The number of rotatable bonds is 5. The summed E-state index contributed by atoms with van der Waals surface area (Å²) < 4.78 is 7.75. The van der Waals surface area contributed by atoms with E-state index in [1.165, 1.54) is 0 Å². The molecule has 0 unspecified atom stereocenters. The van der Waals surface area contributed by atoms with Crippen LogP contribution in [0.3, 0.4) is 0 Å². The fraction of sp³-hybridized carbons (Fsp3) is 0.130. The summed E-state index contributed by atoms with van der Waals surface area (Å²) in [5.74, 6) is 3.11. The molecule has 8 nitrogen and oxygen atoms in total. The Labute approximate surface area is 180 Å². The van der Waals surface area contributed by atoms with Crippen LogP contribution in [0.1, 0.15) is 17.2 Å². The Morgan fingerprint density at radius 2 is 1.55 bits per heavy atom. The van der Waals surface area contributed by atoms with E-state index in [0.717, 1.165) is 17.1 Å². The first kappa shape index (κ1) is 20.1. The Balaban J connectivity index is 1.42. The van der Waals surface area contributed by atoms with Gasteiger partial charge >= 0.3 is 6.03 Å². The Morgan fingerprint density at radius 3 is 2.16 bits per heavy atom. The van der Waals surface area contributed by atoms with E-state index in [1.54, 1.807) is 36.5 Å². The predicted octanol–water partition coefficient (Wildman–Crippen LogP) is 5.02. The molecule has 0 fully saturated rings. The zero-order chi connectivity index (χ0) is 21.8. The molecule has 0 atom stereocenters. The van der Waals surface area contributed by atoms with E-state index < -0.39 is 0 Å². The van der Waals surface area contributed by atoms with Crippen LogP contribution in [0.25, 0.3) is 5.82 Å². The maximum atomic E-state index is 12.2. The van der Waals surface area contributed by atoms with Gasteiger partial charge in [-0.1, -0.05) is 17.7 Å². The van der Waals surface area contributed by atoms with Gasteiger partial charge in [-0.05, 0) is 57.2 Å². The van der Waals surface area contributed by atoms with Gasteiger partial charge in [0.2, 0.25) is 5.88 Å². The molecule has 156 valence electrons. The first-order valence-corrected chi connectivity index (χ1v) is 9.75. The van der Waals surface area contributed by atoms with Crippen molar-refractivity contribution in [2.24, 2.45) is 0 Å². The molecule has 4 rings (SSSR count). The number of amides is 2. The van der Waals surface area contributed by atoms with Crippen molar-refractivity contribution in [3.8, 4) is 17.4 Å². The van der Waals surface area contributed by atoms with E-state index in [9.17, 15) is 4.79 Å². The predicted molar refractivity (Wildman–Crippen MR) is 119 cm³/mol. The number of hydrogen-bond donors (Lipinski definition) is 2. The van der Waals surface area contributed by atoms with Crippen LogP contribution in [0.2, 0.25) is 0 Å². The van der Waals surface area contributed by atoms with Gasteiger partial charge < -0.3 is 15.4 Å². The van der Waals surface area contributed by atoms with Crippen molar-refractivity contribution in [1.82, 2.24) is 19.5 Å². The summed E-state index contributed by atoms with van der Waals surface area (Å²) in [5.41, 5.74) is 2.50. The first-order valence-electron chi connectivity index (χ1n) is 9.75. The van der Waals surface area contributed by atoms with E-state index in [2.05, 4.69) is 25.6 Å². The first-order chi connectivity index (χ1) is 15.0. The van der Waals surface area contributed by atoms with Crippen LogP contribution in [0.4, 0.5) is 16.2 Å². The van der Waals surface area contributed by atoms with Crippen LogP contribution in [0, 0.1) is 20.8 Å². The Bertz CT molecular complexity index is 1200. The van der Waals surface area contributed by atoms with Gasteiger partial charge in [-0.15, -0.1) is 0 Å². The lowest BCUT2D eigenvalue weighted by molar-refractivity contribution is 0.262. The third-order valence-corrected chi connectivity index (χ3v) is 4.52. The summed E-state index contributed by atoms with van der Waals surface area (Å²) in [5, 5.41) is 5.59. The summed E-state index contributed by atoms with van der Waals surface area (Å²) in [6, 6.07) is 16.1. The van der Waals surface area contributed by atoms with Crippen LogP contribution in [-0.4, -0.2) is 25.6 Å². The minimum absolute atomic E-state index is 0.315. The van der Waals surface area contributed by atoms with Gasteiger partial charge in [-0.2, -0.15) is 4.98 Å². The van der Waals surface area contributed by atoms with E-state index in [0.29, 0.717) is 29.0 Å². The molecule has 0 bridgehead atoms. The number of carbonyl (C=O) groups is 1. The van der Waals surface area contributed by atoms with Crippen LogP contribution in [0.5, 0.6) is 11.6 Å². The maximum absolute atomic E-state index is 12.2. The number of aromatic nitrogens is 4. The van der Waals surface area contributed by atoms with Crippen molar-refractivity contribution in [2.75, 3.05) is 10.6 Å². The van der Waals surface area contributed by atoms with Gasteiger partial charge in [-0.25, -0.2) is 14.8 Å². The van der Waals surface area contributed by atoms with Crippen LogP contribution in [0.15, 0.2) is 67.0 Å². The lowest BCUT2D eigenvalue weighted by atomic mass is 10.2. The number of ether oxygens (including phenoxy) is 1. The highest BCUT2D eigenvalue weighted by molar-refractivity contribution is 5.99. The monoisotopic (exact) mass is 414 g/mol. The molecule has 8 heteroatoms. The van der Waals surface area contributed by atoms with Crippen LogP contribution < -0.4 is 15.4 Å². The molecule has 2 aromatic heterocycles. The summed E-state index contributed by atoms with van der Waals surface area (Å²) in [6.45, 7) is 5.71. The molecular weight excluding hydrogens is 392 g/mol. The number of urea groups is 1. The fourth-order valence-electron chi connectivity index (χ4n) is 2.98. The molecule has 2 heterocycles. The molecule has 0 aliphatic rings. The maximum Gasteiger partial charge on any atom is 0.323 e. The van der Waals surface area contributed by atoms with E-state index >= 15 is 0 Å². The summed E-state index contributed by atoms with van der Waals surface area (Å²) in [7, 11) is 0. The van der Waals surface area contributed by atoms with Crippen molar-refractivity contribution >= 4 is 17.4 Å². The molecule has 4 aromatic rings. The molecule has 0 aliphatic heterocycles. The highest BCUT2D eigenvalue weighted by Crippen LogP contribution is 2.23. The van der Waals surface area contributed by atoms with Crippen LogP contribution >= 0.6 is 0 Å². The van der Waals surface area contributed by atoms with Crippen molar-refractivity contribution in [2.45, 2.75) is 20.8 Å². The van der Waals surface area contributed by atoms with Crippen molar-refractivity contribution in [3.05, 3.63) is 84.2 Å². The normalized spacial score (nSPS) is 10.5. The average Bonchev–Trinajstić information content (AvgIpc) is 3.17. The number of imidazole rings is 1. The number of nitrogens with zero attached hydrogens (tertiary/aromatic N) is 4. The number of benzene rings is 2. The van der Waals surface area contributed by atoms with Gasteiger partial charge in [0.25, 0.3) is 0 Å². The summed E-state index contributed by atoms with van der Waals surface area (Å²) in [6.07, 6.45) is 3.55. The quantitative estimate of drug-likeness (QED) is 0.478. The number of nitrogens with one attached hydrogen (secondary N) is 2. The van der Waals surface area contributed by atoms with Crippen molar-refractivity contribution in [1.29, 1.82) is 0 Å². The number of hydrogen-bond acceptors (Lipinski definition) is 5. The third-order valence-electron chi connectivity index (χ3n) is 4.52. The van der Waals surface area contributed by atoms with Gasteiger partial charge in [-0.3, -0.25) is 4.57 Å². The number of aryl methyl sites for hydroxylation is 3. The van der Waals surface area contributed by atoms with Crippen molar-refractivity contribution < 1.29 is 9.53 Å². The third kappa shape index (κ3) is 5.05. The van der Waals surface area contributed by atoms with E-state index in [-0.39, 0.29) is 6.03 Å². The molecule has 0 saturated carbocycles. The second-order valence-electron chi connectivity index (χ2n) is 7.03. The average molecular weight is 414 g/mol. The molecule has 0 radical (unpaired) electrons. The molecule has 2 amide bonds. The standard InChI is InChI=1S/C23H22N6O2/c1-15-4-6-18(7-5-15)27-23(30)28-19-8-10-20(11-9-19)31-22-14-21(25-16(2)26-22)29-13-12-24-17(29)3/h4-14H,1-3H3,(H2,27,28,30). The zero-order valence-electron chi connectivity index (χ0n) is 17.5. The highest BCUT2D eigenvalue weighted by Gasteiger charge is 2.09. The molecule has 0 saturated heterocycles. The molecule has 2 aromatic carbocycles. The molecule has 0 spiro atoms. The highest BCUT2D eigenvalue weighted by atomic mass is 16.5. The smallest absolute Gasteiger partial charge is 0.323 e. The van der Waals surface area contributed by atoms with Gasteiger partial charge in [0.15, 0.2) is 0 Å². The van der Waals surface area contributed by atoms with Gasteiger partial charge in [0.1, 0.15) is 23.2 Å². The summed E-state index contributed by atoms with van der Waals surface area (Å²) in [4.78, 5) is 25.2. The summed E-state index contributed by atoms with van der Waals surface area (Å²) >= 11 is 0. The topological polar surface area (TPSA) is 94.0 Å². The lowest BCUT2D eigenvalue weighted by Gasteiger charge is -2.11. The lowest BCUT2D eigenvalue weighted by Crippen LogP contribution is -2.19. The van der Waals surface area contributed by atoms with Gasteiger partial charge in [0.05, 0.1) is 0 Å². The second-order valence-corrected chi connectivity index (χ2v) is 7.03. The van der Waals surface area contributed by atoms with Crippen LogP contribution in [-0.2, 0) is 0 Å². The SMILES string of the molecule is Cc1ccc(NC(=O)Nc2ccc(Oc3cc(-n4ccnc4C)nc(C)n3)cc2)cc1.